The molecule has 0 aliphatic carbocycles. The van der Waals surface area contributed by atoms with Crippen molar-refractivity contribution in [2.45, 2.75) is 0 Å². The summed E-state index contributed by atoms with van der Waals surface area (Å²) in [7, 11) is -2.37. The summed E-state index contributed by atoms with van der Waals surface area (Å²) in [5.41, 5.74) is 0. The Balaban J connectivity index is 2.95. The van der Waals surface area contributed by atoms with Gasteiger partial charge in [0.1, 0.15) is 6.34 Å². The fourth-order valence-corrected chi connectivity index (χ4v) is 0.969. The number of ether oxygens (including phenoxy) is 1. The average molecular weight is 163 g/mol. The van der Waals surface area contributed by atoms with E-state index in [-0.39, 0.29) is 6.02 Å². The molecule has 10 heavy (non-hydrogen) atoms. The molecule has 0 spiro atoms. The monoisotopic (exact) mass is 163 g/mol. The van der Waals surface area contributed by atoms with Crippen LogP contribution < -0.4 is 5.32 Å². The van der Waals surface area contributed by atoms with Crippen molar-refractivity contribution in [3.63, 3.8) is 0 Å². The zero-order valence-electron chi connectivity index (χ0n) is 5.10. The molecule has 0 aromatic rings. The van der Waals surface area contributed by atoms with Crippen LogP contribution in [0.2, 0.25) is 0 Å². The van der Waals surface area contributed by atoms with Crippen LogP contribution in [0.15, 0.2) is 8.80 Å². The van der Waals surface area contributed by atoms with Crippen molar-refractivity contribution < 1.29 is 13.2 Å². The van der Waals surface area contributed by atoms with Gasteiger partial charge in [-0.15, -0.1) is 4.40 Å². The third-order valence-corrected chi connectivity index (χ3v) is 1.53. The molecule has 1 aliphatic rings. The lowest BCUT2D eigenvalue weighted by atomic mass is 11.0. The molecule has 0 saturated carbocycles. The lowest BCUT2D eigenvalue weighted by molar-refractivity contribution is 0.391. The van der Waals surface area contributed by atoms with Crippen LogP contribution in [0.5, 0.6) is 0 Å². The van der Waals surface area contributed by atoms with E-state index in [9.17, 15) is 8.42 Å². The minimum absolute atomic E-state index is 0.0741. The first-order chi connectivity index (χ1) is 4.64. The molecule has 1 rings (SSSR count). The highest BCUT2D eigenvalue weighted by molar-refractivity contribution is 7.89. The Kier molecular flexibility index (Phi) is 1.58. The second kappa shape index (κ2) is 2.25. The molecule has 1 N–H and O–H groups in total. The van der Waals surface area contributed by atoms with E-state index < -0.39 is 10.2 Å². The topological polar surface area (TPSA) is 80.1 Å². The first-order valence-corrected chi connectivity index (χ1v) is 3.73. The second-order valence-electron chi connectivity index (χ2n) is 1.43. The van der Waals surface area contributed by atoms with Crippen LogP contribution in [0.1, 0.15) is 0 Å². The van der Waals surface area contributed by atoms with Gasteiger partial charge in [-0.25, -0.2) is 0 Å². The Labute approximate surface area is 57.8 Å². The first-order valence-electron chi connectivity index (χ1n) is 2.33. The van der Waals surface area contributed by atoms with Crippen molar-refractivity contribution in [3.8, 4) is 0 Å². The van der Waals surface area contributed by atoms with E-state index in [1.165, 1.54) is 7.11 Å². The van der Waals surface area contributed by atoms with Crippen molar-refractivity contribution in [1.29, 1.82) is 0 Å². The van der Waals surface area contributed by atoms with Gasteiger partial charge in [0, 0.05) is 0 Å². The van der Waals surface area contributed by atoms with E-state index in [1.54, 1.807) is 0 Å². The Morgan fingerprint density at radius 2 is 2.40 bits per heavy atom. The molecule has 0 atom stereocenters. The van der Waals surface area contributed by atoms with Crippen molar-refractivity contribution in [1.82, 2.24) is 5.32 Å². The minimum atomic E-state index is -3.67. The van der Waals surface area contributed by atoms with E-state index in [0.717, 1.165) is 6.34 Å². The van der Waals surface area contributed by atoms with Gasteiger partial charge in [0.25, 0.3) is 0 Å². The van der Waals surface area contributed by atoms with Crippen LogP contribution in [0.25, 0.3) is 0 Å². The summed E-state index contributed by atoms with van der Waals surface area (Å²) in [6.07, 6.45) is 1.00. The summed E-state index contributed by atoms with van der Waals surface area (Å²) >= 11 is 0. The van der Waals surface area contributed by atoms with Gasteiger partial charge in [0.05, 0.1) is 7.11 Å². The van der Waals surface area contributed by atoms with Crippen molar-refractivity contribution >= 4 is 22.6 Å². The highest BCUT2D eigenvalue weighted by atomic mass is 32.2. The van der Waals surface area contributed by atoms with E-state index in [1.807, 2.05) is 0 Å². The molecule has 7 heteroatoms. The van der Waals surface area contributed by atoms with Gasteiger partial charge >= 0.3 is 16.2 Å². The lowest BCUT2D eigenvalue weighted by Gasteiger charge is -2.04. The van der Waals surface area contributed by atoms with Crippen LogP contribution in [0, 0.1) is 0 Å². The summed E-state index contributed by atoms with van der Waals surface area (Å²) in [6.45, 7) is 0. The third-order valence-electron chi connectivity index (χ3n) is 0.766. The van der Waals surface area contributed by atoms with Crippen molar-refractivity contribution in [3.05, 3.63) is 0 Å². The molecule has 0 saturated heterocycles. The maximum atomic E-state index is 10.5. The van der Waals surface area contributed by atoms with Crippen LogP contribution in [-0.4, -0.2) is 27.9 Å². The Morgan fingerprint density at radius 3 is 2.80 bits per heavy atom. The maximum absolute atomic E-state index is 10.5. The second-order valence-corrected chi connectivity index (χ2v) is 2.72. The molecule has 0 bridgehead atoms. The molecule has 6 nitrogen and oxygen atoms in total. The largest absolute Gasteiger partial charge is 0.468 e. The number of rotatable bonds is 0. The maximum Gasteiger partial charge on any atom is 0.368 e. The molecule has 0 fully saturated rings. The third kappa shape index (κ3) is 1.44. The predicted molar refractivity (Wildman–Crippen MR) is 35.0 cm³/mol. The smallest absolute Gasteiger partial charge is 0.368 e. The Morgan fingerprint density at radius 1 is 1.70 bits per heavy atom. The molecule has 0 aromatic carbocycles. The Hall–Kier alpha value is -1.11. The van der Waals surface area contributed by atoms with E-state index >= 15 is 0 Å². The molecular weight excluding hydrogens is 158 g/mol. The van der Waals surface area contributed by atoms with Gasteiger partial charge in [-0.2, -0.15) is 8.42 Å². The number of methoxy groups -OCH3 is 1. The van der Waals surface area contributed by atoms with Crippen LogP contribution in [-0.2, 0) is 14.9 Å². The lowest BCUT2D eigenvalue weighted by Crippen LogP contribution is -2.28. The number of nitrogens with zero attached hydrogens (tertiary/aromatic N) is 2. The summed E-state index contributed by atoms with van der Waals surface area (Å²) in [5, 5.41) is 2.38. The molecule has 1 aliphatic heterocycles. The van der Waals surface area contributed by atoms with Crippen LogP contribution in [0.3, 0.4) is 0 Å². The summed E-state index contributed by atoms with van der Waals surface area (Å²) in [5.74, 6) is 0. The fraction of sp³-hybridized carbons (Fsp3) is 0.333. The predicted octanol–water partition coefficient (Wildman–Crippen LogP) is -1.13. The zero-order chi connectivity index (χ0) is 7.61. The van der Waals surface area contributed by atoms with E-state index in [0.29, 0.717) is 0 Å². The molecule has 0 aromatic heterocycles. The molecule has 0 amide bonds. The van der Waals surface area contributed by atoms with Crippen molar-refractivity contribution in [2.24, 2.45) is 8.80 Å². The highest BCUT2D eigenvalue weighted by Gasteiger charge is 2.11. The van der Waals surface area contributed by atoms with Crippen molar-refractivity contribution in [2.75, 3.05) is 7.11 Å². The van der Waals surface area contributed by atoms with Gasteiger partial charge in [0.2, 0.25) is 0 Å². The fourth-order valence-electron chi connectivity index (χ4n) is 0.399. The number of hydrogen-bond donors (Lipinski definition) is 1. The average Bonchev–Trinajstić information content (AvgIpc) is 1.86. The van der Waals surface area contributed by atoms with Gasteiger partial charge in [-0.05, 0) is 0 Å². The van der Waals surface area contributed by atoms with Gasteiger partial charge in [-0.1, -0.05) is 4.40 Å². The summed E-state index contributed by atoms with van der Waals surface area (Å²) in [6, 6.07) is -0.0741. The first kappa shape index (κ1) is 7.00. The number of nitrogens with one attached hydrogen (secondary N) is 1. The Bertz CT molecular complexity index is 277. The molecular formula is C3H5N3O3S. The van der Waals surface area contributed by atoms with E-state index in [4.69, 9.17) is 0 Å². The number of amidine groups is 1. The van der Waals surface area contributed by atoms with Gasteiger partial charge < -0.3 is 4.74 Å². The van der Waals surface area contributed by atoms with E-state index in [2.05, 4.69) is 18.8 Å². The summed E-state index contributed by atoms with van der Waals surface area (Å²) < 4.78 is 31.6. The molecule has 0 radical (unpaired) electrons. The van der Waals surface area contributed by atoms with Crippen LogP contribution >= 0.6 is 0 Å². The molecule has 1 heterocycles. The molecule has 0 unspecified atom stereocenters. The normalized spacial score (nSPS) is 21.1. The number of hydrogen-bond acceptors (Lipinski definition) is 4. The minimum Gasteiger partial charge on any atom is -0.468 e. The van der Waals surface area contributed by atoms with Crippen LogP contribution in [0.4, 0.5) is 0 Å². The zero-order valence-corrected chi connectivity index (χ0v) is 5.92. The quantitative estimate of drug-likeness (QED) is 0.489. The molecule has 56 valence electrons. The summed E-state index contributed by atoms with van der Waals surface area (Å²) in [4.78, 5) is 0. The SMILES string of the molecule is COC1=NS(=O)(=O)N=CN1. The standard InChI is InChI=1S/C3H5N3O3S/c1-9-3-4-2-5-10(7,8)6-3/h2H,1H3,(H,4,5,6). The van der Waals surface area contributed by atoms with Gasteiger partial charge in [0.15, 0.2) is 0 Å². The highest BCUT2D eigenvalue weighted by Crippen LogP contribution is 1.96. The van der Waals surface area contributed by atoms with Gasteiger partial charge in [-0.3, -0.25) is 5.32 Å².